The second-order valence-corrected chi connectivity index (χ2v) is 3.78. The van der Waals surface area contributed by atoms with Gasteiger partial charge < -0.3 is 15.8 Å². The fourth-order valence-corrected chi connectivity index (χ4v) is 2.00. The Balaban J connectivity index is 2.39. The van der Waals surface area contributed by atoms with Gasteiger partial charge in [-0.1, -0.05) is 18.2 Å². The fourth-order valence-electron chi connectivity index (χ4n) is 2.00. The minimum Gasteiger partial charge on any atom is -0.496 e. The summed E-state index contributed by atoms with van der Waals surface area (Å²) in [6.07, 6.45) is 0.966. The Labute approximate surface area is 84.3 Å². The summed E-state index contributed by atoms with van der Waals surface area (Å²) in [5, 5.41) is 3.28. The SMILES string of the molecule is COc1ccccc1C1(N)CCNC1. The molecule has 14 heavy (non-hydrogen) atoms. The number of ether oxygens (including phenoxy) is 1. The van der Waals surface area contributed by atoms with Crippen LogP contribution in [0.4, 0.5) is 0 Å². The number of nitrogens with one attached hydrogen (secondary N) is 1. The third-order valence-corrected chi connectivity index (χ3v) is 2.83. The van der Waals surface area contributed by atoms with E-state index in [1.807, 2.05) is 24.3 Å². The predicted molar refractivity (Wildman–Crippen MR) is 56.3 cm³/mol. The van der Waals surface area contributed by atoms with Gasteiger partial charge in [0.15, 0.2) is 0 Å². The molecular weight excluding hydrogens is 176 g/mol. The number of hydrogen-bond donors (Lipinski definition) is 2. The van der Waals surface area contributed by atoms with Crippen molar-refractivity contribution in [1.82, 2.24) is 5.32 Å². The number of nitrogens with two attached hydrogens (primary N) is 1. The van der Waals surface area contributed by atoms with Crippen LogP contribution in [0.2, 0.25) is 0 Å². The van der Waals surface area contributed by atoms with E-state index < -0.39 is 0 Å². The topological polar surface area (TPSA) is 47.3 Å². The van der Waals surface area contributed by atoms with Crippen molar-refractivity contribution in [2.75, 3.05) is 20.2 Å². The van der Waals surface area contributed by atoms with E-state index in [-0.39, 0.29) is 5.54 Å². The van der Waals surface area contributed by atoms with E-state index in [2.05, 4.69) is 5.32 Å². The van der Waals surface area contributed by atoms with Crippen molar-refractivity contribution >= 4 is 0 Å². The molecule has 0 spiro atoms. The number of para-hydroxylation sites is 1. The quantitative estimate of drug-likeness (QED) is 0.730. The Bertz CT molecular complexity index is 319. The van der Waals surface area contributed by atoms with Gasteiger partial charge in [0, 0.05) is 12.1 Å². The molecule has 1 atom stereocenters. The average molecular weight is 192 g/mol. The highest BCUT2D eigenvalue weighted by molar-refractivity contribution is 5.39. The highest BCUT2D eigenvalue weighted by atomic mass is 16.5. The van der Waals surface area contributed by atoms with E-state index in [4.69, 9.17) is 10.5 Å². The predicted octanol–water partition coefficient (Wildman–Crippen LogP) is 0.843. The van der Waals surface area contributed by atoms with Crippen LogP contribution in [0.5, 0.6) is 5.75 Å². The van der Waals surface area contributed by atoms with E-state index in [1.54, 1.807) is 7.11 Å². The molecule has 0 amide bonds. The van der Waals surface area contributed by atoms with Crippen LogP contribution in [0.25, 0.3) is 0 Å². The van der Waals surface area contributed by atoms with Gasteiger partial charge in [-0.15, -0.1) is 0 Å². The maximum absolute atomic E-state index is 6.31. The lowest BCUT2D eigenvalue weighted by molar-refractivity contribution is 0.386. The molecule has 1 heterocycles. The summed E-state index contributed by atoms with van der Waals surface area (Å²) in [4.78, 5) is 0. The van der Waals surface area contributed by atoms with Gasteiger partial charge in [-0.25, -0.2) is 0 Å². The minimum absolute atomic E-state index is 0.257. The number of hydrogen-bond acceptors (Lipinski definition) is 3. The van der Waals surface area contributed by atoms with Crippen molar-refractivity contribution < 1.29 is 4.74 Å². The molecule has 76 valence electrons. The van der Waals surface area contributed by atoms with Gasteiger partial charge in [-0.05, 0) is 19.0 Å². The van der Waals surface area contributed by atoms with Gasteiger partial charge in [0.2, 0.25) is 0 Å². The Morgan fingerprint density at radius 2 is 2.21 bits per heavy atom. The monoisotopic (exact) mass is 192 g/mol. The van der Waals surface area contributed by atoms with Crippen molar-refractivity contribution in [3.63, 3.8) is 0 Å². The maximum Gasteiger partial charge on any atom is 0.123 e. The highest BCUT2D eigenvalue weighted by Crippen LogP contribution is 2.31. The highest BCUT2D eigenvalue weighted by Gasteiger charge is 2.33. The molecule has 3 nitrogen and oxygen atoms in total. The van der Waals surface area contributed by atoms with Crippen LogP contribution in [0, 0.1) is 0 Å². The Morgan fingerprint density at radius 3 is 2.86 bits per heavy atom. The van der Waals surface area contributed by atoms with Crippen LogP contribution in [0.1, 0.15) is 12.0 Å². The van der Waals surface area contributed by atoms with E-state index in [1.165, 1.54) is 0 Å². The van der Waals surface area contributed by atoms with Crippen LogP contribution in [0.3, 0.4) is 0 Å². The molecule has 3 heteroatoms. The van der Waals surface area contributed by atoms with Crippen LogP contribution >= 0.6 is 0 Å². The van der Waals surface area contributed by atoms with Crippen LogP contribution in [-0.4, -0.2) is 20.2 Å². The molecule has 1 aromatic rings. The van der Waals surface area contributed by atoms with Crippen molar-refractivity contribution in [3.05, 3.63) is 29.8 Å². The van der Waals surface area contributed by atoms with Crippen molar-refractivity contribution in [3.8, 4) is 5.75 Å². The summed E-state index contributed by atoms with van der Waals surface area (Å²) < 4.78 is 5.32. The van der Waals surface area contributed by atoms with Crippen molar-refractivity contribution in [2.24, 2.45) is 5.73 Å². The zero-order chi connectivity index (χ0) is 10.0. The van der Waals surface area contributed by atoms with Gasteiger partial charge in [-0.3, -0.25) is 0 Å². The fraction of sp³-hybridized carbons (Fsp3) is 0.455. The molecule has 1 saturated heterocycles. The van der Waals surface area contributed by atoms with E-state index in [9.17, 15) is 0 Å². The molecule has 0 aliphatic carbocycles. The van der Waals surface area contributed by atoms with E-state index in [0.717, 1.165) is 30.8 Å². The zero-order valence-corrected chi connectivity index (χ0v) is 8.42. The van der Waals surface area contributed by atoms with Gasteiger partial charge in [0.25, 0.3) is 0 Å². The average Bonchev–Trinajstić information content (AvgIpc) is 2.66. The minimum atomic E-state index is -0.257. The Hall–Kier alpha value is -1.06. The zero-order valence-electron chi connectivity index (χ0n) is 8.42. The third-order valence-electron chi connectivity index (χ3n) is 2.83. The van der Waals surface area contributed by atoms with E-state index >= 15 is 0 Å². The standard InChI is InChI=1S/C11H16N2O/c1-14-10-5-3-2-4-9(10)11(12)6-7-13-8-11/h2-5,13H,6-8,12H2,1H3. The first-order valence-electron chi connectivity index (χ1n) is 4.89. The lowest BCUT2D eigenvalue weighted by Crippen LogP contribution is -2.39. The molecule has 1 aromatic carbocycles. The number of rotatable bonds is 2. The lowest BCUT2D eigenvalue weighted by atomic mass is 9.89. The number of benzene rings is 1. The number of methoxy groups -OCH3 is 1. The van der Waals surface area contributed by atoms with E-state index in [0.29, 0.717) is 0 Å². The van der Waals surface area contributed by atoms with Gasteiger partial charge in [-0.2, -0.15) is 0 Å². The molecule has 0 bridgehead atoms. The molecule has 0 aromatic heterocycles. The first-order chi connectivity index (χ1) is 6.76. The van der Waals surface area contributed by atoms with Crippen molar-refractivity contribution in [1.29, 1.82) is 0 Å². The molecule has 0 radical (unpaired) electrons. The molecule has 1 unspecified atom stereocenters. The van der Waals surface area contributed by atoms with Crippen LogP contribution in [0.15, 0.2) is 24.3 Å². The largest absolute Gasteiger partial charge is 0.496 e. The van der Waals surface area contributed by atoms with Gasteiger partial charge in [0.1, 0.15) is 5.75 Å². The molecule has 1 fully saturated rings. The van der Waals surface area contributed by atoms with Gasteiger partial charge >= 0.3 is 0 Å². The van der Waals surface area contributed by atoms with Gasteiger partial charge in [0.05, 0.1) is 12.6 Å². The lowest BCUT2D eigenvalue weighted by Gasteiger charge is -2.25. The maximum atomic E-state index is 6.31. The summed E-state index contributed by atoms with van der Waals surface area (Å²) in [5.74, 6) is 0.888. The first-order valence-corrected chi connectivity index (χ1v) is 4.89. The molecule has 2 rings (SSSR count). The molecule has 0 saturated carbocycles. The first kappa shape index (κ1) is 9.49. The van der Waals surface area contributed by atoms with Crippen LogP contribution in [-0.2, 0) is 5.54 Å². The molecule has 3 N–H and O–H groups in total. The molecule has 1 aliphatic rings. The summed E-state index contributed by atoms with van der Waals surface area (Å²) >= 11 is 0. The van der Waals surface area contributed by atoms with Crippen LogP contribution < -0.4 is 15.8 Å². The third kappa shape index (κ3) is 1.49. The smallest absolute Gasteiger partial charge is 0.123 e. The summed E-state index contributed by atoms with van der Waals surface area (Å²) in [5.41, 5.74) is 7.16. The normalized spacial score (nSPS) is 26.4. The molecule has 1 aliphatic heterocycles. The second-order valence-electron chi connectivity index (χ2n) is 3.78. The van der Waals surface area contributed by atoms with Crippen molar-refractivity contribution in [2.45, 2.75) is 12.0 Å². The Morgan fingerprint density at radius 1 is 1.43 bits per heavy atom. The summed E-state index contributed by atoms with van der Waals surface area (Å²) in [6, 6.07) is 7.98. The summed E-state index contributed by atoms with van der Waals surface area (Å²) in [7, 11) is 1.69. The summed E-state index contributed by atoms with van der Waals surface area (Å²) in [6.45, 7) is 1.81. The molecular formula is C11H16N2O. The Kier molecular flexibility index (Phi) is 2.44. The second kappa shape index (κ2) is 3.59.